The largest absolute Gasteiger partial charge is 0.488 e. The summed E-state index contributed by atoms with van der Waals surface area (Å²) in [6.07, 6.45) is 4.97. The fraction of sp³-hybridized carbons (Fsp3) is 0.462. The lowest BCUT2D eigenvalue weighted by atomic mass is 10.2. The van der Waals surface area contributed by atoms with Gasteiger partial charge in [-0.1, -0.05) is 15.9 Å². The molecule has 1 amide bonds. The van der Waals surface area contributed by atoms with E-state index in [9.17, 15) is 4.79 Å². The van der Waals surface area contributed by atoms with Crippen LogP contribution in [0.15, 0.2) is 22.7 Å². The molecule has 0 atom stereocenters. The number of nitrogens with one attached hydrogen (secondary N) is 1. The van der Waals surface area contributed by atoms with Gasteiger partial charge in [-0.15, -0.1) is 0 Å². The maximum atomic E-state index is 11.1. The first kappa shape index (κ1) is 12.4. The fourth-order valence-electron chi connectivity index (χ4n) is 2.08. The van der Waals surface area contributed by atoms with Crippen LogP contribution in [0.25, 0.3) is 0 Å². The molecule has 1 saturated carbocycles. The number of ether oxygens (including phenoxy) is 1. The molecule has 1 aromatic carbocycles. The molecule has 0 bridgehead atoms. The maximum Gasteiger partial charge on any atom is 0.221 e. The van der Waals surface area contributed by atoms with Crippen LogP contribution in [-0.4, -0.2) is 12.0 Å². The van der Waals surface area contributed by atoms with Gasteiger partial charge >= 0.3 is 0 Å². The van der Waals surface area contributed by atoms with Crippen LogP contribution in [0.2, 0.25) is 0 Å². The Kier molecular flexibility index (Phi) is 4.05. The second-order valence-corrected chi connectivity index (χ2v) is 5.26. The summed E-state index contributed by atoms with van der Waals surface area (Å²) in [5, 5.41) is 2.79. The summed E-state index contributed by atoms with van der Waals surface area (Å²) >= 11 is 3.39. The van der Waals surface area contributed by atoms with Crippen LogP contribution < -0.4 is 10.1 Å². The van der Waals surface area contributed by atoms with Crippen LogP contribution in [0.1, 0.15) is 32.6 Å². The molecule has 0 saturated heterocycles. The number of amides is 1. The van der Waals surface area contributed by atoms with Gasteiger partial charge in [-0.25, -0.2) is 0 Å². The van der Waals surface area contributed by atoms with E-state index in [-0.39, 0.29) is 5.91 Å². The third-order valence-corrected chi connectivity index (χ3v) is 3.34. The molecule has 0 heterocycles. The maximum absolute atomic E-state index is 11.1. The van der Waals surface area contributed by atoms with Gasteiger partial charge in [-0.2, -0.15) is 0 Å². The summed E-state index contributed by atoms with van der Waals surface area (Å²) in [5.74, 6) is 0.676. The van der Waals surface area contributed by atoms with Gasteiger partial charge in [0.25, 0.3) is 0 Å². The highest BCUT2D eigenvalue weighted by Crippen LogP contribution is 2.32. The van der Waals surface area contributed by atoms with Crippen molar-refractivity contribution in [3.63, 3.8) is 0 Å². The zero-order valence-electron chi connectivity index (χ0n) is 9.83. The van der Waals surface area contributed by atoms with E-state index in [4.69, 9.17) is 4.74 Å². The number of benzene rings is 1. The predicted molar refractivity (Wildman–Crippen MR) is 71.3 cm³/mol. The van der Waals surface area contributed by atoms with E-state index in [1.807, 2.05) is 18.2 Å². The van der Waals surface area contributed by atoms with E-state index in [1.165, 1.54) is 19.8 Å². The van der Waals surface area contributed by atoms with Gasteiger partial charge in [0.05, 0.1) is 11.8 Å². The lowest BCUT2D eigenvalue weighted by Crippen LogP contribution is -2.14. The summed E-state index contributed by atoms with van der Waals surface area (Å²) in [6, 6.07) is 5.69. The Labute approximate surface area is 110 Å². The molecule has 0 unspecified atom stereocenters. The van der Waals surface area contributed by atoms with E-state index >= 15 is 0 Å². The molecule has 2 rings (SSSR count). The SMILES string of the molecule is CC(=O)Nc1cc(Br)ccc1OC1CCCC1. The molecule has 0 spiro atoms. The number of carbonyl (C=O) groups is 1. The normalized spacial score (nSPS) is 15.9. The van der Waals surface area contributed by atoms with Crippen LogP contribution in [0.3, 0.4) is 0 Å². The Morgan fingerprint density at radius 2 is 2.12 bits per heavy atom. The molecule has 92 valence electrons. The van der Waals surface area contributed by atoms with Crippen molar-refractivity contribution in [1.82, 2.24) is 0 Å². The summed E-state index contributed by atoms with van der Waals surface area (Å²) in [7, 11) is 0. The molecule has 1 aromatic rings. The quantitative estimate of drug-likeness (QED) is 0.923. The minimum Gasteiger partial charge on any atom is -0.488 e. The molecule has 0 radical (unpaired) electrons. The van der Waals surface area contributed by atoms with Gasteiger partial charge in [0.1, 0.15) is 5.75 Å². The molecule has 1 aliphatic carbocycles. The zero-order valence-corrected chi connectivity index (χ0v) is 11.4. The summed E-state index contributed by atoms with van der Waals surface area (Å²) in [4.78, 5) is 11.1. The Balaban J connectivity index is 2.15. The summed E-state index contributed by atoms with van der Waals surface area (Å²) in [5.41, 5.74) is 0.735. The number of anilines is 1. The first-order valence-electron chi connectivity index (χ1n) is 5.89. The van der Waals surface area contributed by atoms with Crippen LogP contribution in [-0.2, 0) is 4.79 Å². The minimum atomic E-state index is -0.0839. The fourth-order valence-corrected chi connectivity index (χ4v) is 2.44. The van der Waals surface area contributed by atoms with Crippen molar-refractivity contribution in [3.05, 3.63) is 22.7 Å². The summed E-state index contributed by atoms with van der Waals surface area (Å²) in [6.45, 7) is 1.50. The average Bonchev–Trinajstić information content (AvgIpc) is 2.74. The Hall–Kier alpha value is -1.03. The highest BCUT2D eigenvalue weighted by molar-refractivity contribution is 9.10. The number of carbonyl (C=O) groups excluding carboxylic acids is 1. The van der Waals surface area contributed by atoms with Crippen LogP contribution in [0.4, 0.5) is 5.69 Å². The first-order chi connectivity index (χ1) is 8.15. The van der Waals surface area contributed by atoms with E-state index < -0.39 is 0 Å². The van der Waals surface area contributed by atoms with Gasteiger partial charge in [-0.05, 0) is 43.9 Å². The zero-order chi connectivity index (χ0) is 12.3. The molecule has 3 nitrogen and oxygen atoms in total. The second kappa shape index (κ2) is 5.54. The van der Waals surface area contributed by atoms with Crippen molar-refractivity contribution in [1.29, 1.82) is 0 Å². The number of hydrogen-bond donors (Lipinski definition) is 1. The van der Waals surface area contributed by atoms with E-state index in [1.54, 1.807) is 0 Å². The van der Waals surface area contributed by atoms with Crippen LogP contribution in [0.5, 0.6) is 5.75 Å². The standard InChI is InChI=1S/C13H16BrNO2/c1-9(16)15-12-8-10(14)6-7-13(12)17-11-4-2-3-5-11/h6-8,11H,2-5H2,1H3,(H,15,16). The predicted octanol–water partition coefficient (Wildman–Crippen LogP) is 3.73. The van der Waals surface area contributed by atoms with E-state index in [2.05, 4.69) is 21.2 Å². The number of halogens is 1. The lowest BCUT2D eigenvalue weighted by Gasteiger charge is -2.16. The van der Waals surface area contributed by atoms with Crippen LogP contribution >= 0.6 is 15.9 Å². The molecule has 0 aliphatic heterocycles. The number of rotatable bonds is 3. The van der Waals surface area contributed by atoms with E-state index in [0.29, 0.717) is 6.10 Å². The van der Waals surface area contributed by atoms with Crippen molar-refractivity contribution >= 4 is 27.5 Å². The third-order valence-electron chi connectivity index (χ3n) is 2.85. The third kappa shape index (κ3) is 3.46. The molecule has 4 heteroatoms. The van der Waals surface area contributed by atoms with E-state index in [0.717, 1.165) is 28.8 Å². The van der Waals surface area contributed by atoms with Crippen molar-refractivity contribution in [2.75, 3.05) is 5.32 Å². The molecular formula is C13H16BrNO2. The topological polar surface area (TPSA) is 38.3 Å². The molecule has 0 aromatic heterocycles. The average molecular weight is 298 g/mol. The van der Waals surface area contributed by atoms with Gasteiger partial charge in [-0.3, -0.25) is 4.79 Å². The molecule has 1 fully saturated rings. The van der Waals surface area contributed by atoms with Gasteiger partial charge in [0.15, 0.2) is 0 Å². The van der Waals surface area contributed by atoms with Crippen molar-refractivity contribution in [3.8, 4) is 5.75 Å². The van der Waals surface area contributed by atoms with Crippen molar-refractivity contribution in [2.45, 2.75) is 38.7 Å². The van der Waals surface area contributed by atoms with Gasteiger partial charge < -0.3 is 10.1 Å². The summed E-state index contributed by atoms with van der Waals surface area (Å²) < 4.78 is 6.86. The Morgan fingerprint density at radius 1 is 1.41 bits per heavy atom. The molecule has 17 heavy (non-hydrogen) atoms. The van der Waals surface area contributed by atoms with Crippen LogP contribution in [0, 0.1) is 0 Å². The van der Waals surface area contributed by atoms with Crippen molar-refractivity contribution < 1.29 is 9.53 Å². The molecule has 1 N–H and O–H groups in total. The Morgan fingerprint density at radius 3 is 2.76 bits per heavy atom. The minimum absolute atomic E-state index is 0.0839. The Bertz CT molecular complexity index is 414. The highest BCUT2D eigenvalue weighted by Gasteiger charge is 2.18. The van der Waals surface area contributed by atoms with Gasteiger partial charge in [0.2, 0.25) is 5.91 Å². The molecular weight excluding hydrogens is 282 g/mol. The molecule has 1 aliphatic rings. The highest BCUT2D eigenvalue weighted by atomic mass is 79.9. The van der Waals surface area contributed by atoms with Gasteiger partial charge in [0, 0.05) is 11.4 Å². The number of hydrogen-bond acceptors (Lipinski definition) is 2. The van der Waals surface area contributed by atoms with Crippen molar-refractivity contribution in [2.24, 2.45) is 0 Å². The monoisotopic (exact) mass is 297 g/mol. The smallest absolute Gasteiger partial charge is 0.221 e. The first-order valence-corrected chi connectivity index (χ1v) is 6.68. The lowest BCUT2D eigenvalue weighted by molar-refractivity contribution is -0.114. The second-order valence-electron chi connectivity index (χ2n) is 4.35.